The SMILES string of the molecule is COCC(=O)N1CCN(C2CCCC2)C[C@](O)(COc2cccc(F)c2)C1. The van der Waals surface area contributed by atoms with E-state index in [4.69, 9.17) is 9.47 Å². The summed E-state index contributed by atoms with van der Waals surface area (Å²) in [4.78, 5) is 16.3. The lowest BCUT2D eigenvalue weighted by Gasteiger charge is -2.35. The Morgan fingerprint density at radius 1 is 1.30 bits per heavy atom. The average molecular weight is 380 g/mol. The molecule has 1 saturated heterocycles. The highest BCUT2D eigenvalue weighted by molar-refractivity contribution is 5.77. The van der Waals surface area contributed by atoms with Crippen LogP contribution in [0.2, 0.25) is 0 Å². The van der Waals surface area contributed by atoms with Gasteiger partial charge in [-0.3, -0.25) is 9.69 Å². The molecule has 1 aromatic carbocycles. The van der Waals surface area contributed by atoms with Crippen LogP contribution in [0.4, 0.5) is 4.39 Å². The Morgan fingerprint density at radius 2 is 2.07 bits per heavy atom. The first kappa shape index (κ1) is 20.0. The van der Waals surface area contributed by atoms with Crippen molar-refractivity contribution in [3.63, 3.8) is 0 Å². The quantitative estimate of drug-likeness (QED) is 0.814. The van der Waals surface area contributed by atoms with Crippen LogP contribution in [0.5, 0.6) is 5.75 Å². The maximum Gasteiger partial charge on any atom is 0.248 e. The van der Waals surface area contributed by atoms with Crippen molar-refractivity contribution >= 4 is 5.91 Å². The Kier molecular flexibility index (Phi) is 6.68. The summed E-state index contributed by atoms with van der Waals surface area (Å²) < 4.78 is 24.1. The lowest BCUT2D eigenvalue weighted by molar-refractivity contribution is -0.138. The Hall–Kier alpha value is -1.70. The second-order valence-corrected chi connectivity index (χ2v) is 7.63. The van der Waals surface area contributed by atoms with Gasteiger partial charge in [-0.25, -0.2) is 4.39 Å². The molecular formula is C20H29FN2O4. The van der Waals surface area contributed by atoms with Crippen molar-refractivity contribution in [1.29, 1.82) is 0 Å². The van der Waals surface area contributed by atoms with E-state index in [0.29, 0.717) is 24.9 Å². The number of aliphatic hydroxyl groups is 1. The molecule has 2 fully saturated rings. The van der Waals surface area contributed by atoms with Crippen LogP contribution in [-0.2, 0) is 9.53 Å². The molecule has 6 nitrogen and oxygen atoms in total. The fourth-order valence-electron chi connectivity index (χ4n) is 4.07. The Labute approximate surface area is 159 Å². The van der Waals surface area contributed by atoms with Gasteiger partial charge in [-0.2, -0.15) is 0 Å². The third-order valence-electron chi connectivity index (χ3n) is 5.40. The van der Waals surface area contributed by atoms with Gasteiger partial charge in [0, 0.05) is 38.9 Å². The van der Waals surface area contributed by atoms with Crippen LogP contribution >= 0.6 is 0 Å². The Balaban J connectivity index is 1.73. The highest BCUT2D eigenvalue weighted by Crippen LogP contribution is 2.27. The van der Waals surface area contributed by atoms with Crippen LogP contribution in [0, 0.1) is 5.82 Å². The van der Waals surface area contributed by atoms with Crippen LogP contribution in [0.3, 0.4) is 0 Å². The topological polar surface area (TPSA) is 62.2 Å². The molecule has 1 aliphatic heterocycles. The summed E-state index contributed by atoms with van der Waals surface area (Å²) >= 11 is 0. The number of rotatable bonds is 6. The lowest BCUT2D eigenvalue weighted by Crippen LogP contribution is -2.53. The minimum absolute atomic E-state index is 0.00354. The van der Waals surface area contributed by atoms with E-state index < -0.39 is 5.60 Å². The third kappa shape index (κ3) is 5.40. The molecule has 3 rings (SSSR count). The van der Waals surface area contributed by atoms with Gasteiger partial charge in [0.1, 0.15) is 30.4 Å². The molecular weight excluding hydrogens is 351 g/mol. The van der Waals surface area contributed by atoms with Crippen molar-refractivity contribution in [1.82, 2.24) is 9.80 Å². The molecule has 1 heterocycles. The van der Waals surface area contributed by atoms with Gasteiger partial charge in [0.2, 0.25) is 5.91 Å². The molecule has 0 unspecified atom stereocenters. The highest BCUT2D eigenvalue weighted by Gasteiger charge is 2.39. The molecule has 0 spiro atoms. The Bertz CT molecular complexity index is 638. The van der Waals surface area contributed by atoms with Gasteiger partial charge in [-0.05, 0) is 25.0 Å². The molecule has 0 radical (unpaired) electrons. The zero-order valence-electron chi connectivity index (χ0n) is 15.9. The summed E-state index contributed by atoms with van der Waals surface area (Å²) in [6.45, 7) is 1.88. The van der Waals surface area contributed by atoms with E-state index in [2.05, 4.69) is 4.90 Å². The van der Waals surface area contributed by atoms with Crippen LogP contribution in [0.25, 0.3) is 0 Å². The molecule has 150 valence electrons. The van der Waals surface area contributed by atoms with E-state index >= 15 is 0 Å². The number of β-amino-alcohol motifs (C(OH)–C–C–N with tert-alkyl or cyclic N) is 1. The number of methoxy groups -OCH3 is 1. The fraction of sp³-hybridized carbons (Fsp3) is 0.650. The number of nitrogens with zero attached hydrogens (tertiary/aromatic N) is 2. The number of ether oxygens (including phenoxy) is 2. The molecule has 0 aromatic heterocycles. The summed E-state index contributed by atoms with van der Waals surface area (Å²) in [5, 5.41) is 11.3. The normalized spacial score (nSPS) is 24.8. The molecule has 2 aliphatic rings. The maximum atomic E-state index is 13.4. The van der Waals surface area contributed by atoms with Gasteiger partial charge in [0.05, 0.1) is 6.54 Å². The van der Waals surface area contributed by atoms with Crippen molar-refractivity contribution in [2.75, 3.05) is 46.5 Å². The number of halogens is 1. The molecule has 1 atom stereocenters. The molecule has 1 amide bonds. The number of benzene rings is 1. The number of carbonyl (C=O) groups is 1. The lowest BCUT2D eigenvalue weighted by atomic mass is 10.0. The van der Waals surface area contributed by atoms with Gasteiger partial charge >= 0.3 is 0 Å². The molecule has 1 aliphatic carbocycles. The molecule has 0 bridgehead atoms. The number of amides is 1. The van der Waals surface area contributed by atoms with E-state index in [9.17, 15) is 14.3 Å². The van der Waals surface area contributed by atoms with Crippen molar-refractivity contribution in [3.8, 4) is 5.75 Å². The third-order valence-corrected chi connectivity index (χ3v) is 5.40. The second-order valence-electron chi connectivity index (χ2n) is 7.63. The van der Waals surface area contributed by atoms with Gasteiger partial charge in [0.25, 0.3) is 0 Å². The van der Waals surface area contributed by atoms with Gasteiger partial charge in [-0.1, -0.05) is 18.9 Å². The monoisotopic (exact) mass is 380 g/mol. The summed E-state index contributed by atoms with van der Waals surface area (Å²) in [6.07, 6.45) is 4.64. The van der Waals surface area contributed by atoms with Crippen molar-refractivity contribution in [2.45, 2.75) is 37.3 Å². The molecule has 1 N–H and O–H groups in total. The second kappa shape index (κ2) is 8.99. The summed E-state index contributed by atoms with van der Waals surface area (Å²) in [5.74, 6) is -0.158. The smallest absolute Gasteiger partial charge is 0.248 e. The van der Waals surface area contributed by atoms with Crippen LogP contribution in [0.1, 0.15) is 25.7 Å². The average Bonchev–Trinajstić information content (AvgIpc) is 3.11. The van der Waals surface area contributed by atoms with Crippen molar-refractivity contribution in [3.05, 3.63) is 30.1 Å². The predicted octanol–water partition coefficient (Wildman–Crippen LogP) is 1.67. The van der Waals surface area contributed by atoms with Gasteiger partial charge < -0.3 is 19.5 Å². The van der Waals surface area contributed by atoms with Crippen LogP contribution < -0.4 is 4.74 Å². The standard InChI is InChI=1S/C20H29FN2O4/c1-26-12-19(24)23-10-9-22(17-6-2-3-7-17)13-20(25,14-23)15-27-18-8-4-5-16(21)11-18/h4-5,8,11,17,25H,2-3,6-7,9-10,12-15H2,1H3/t20-/m1/s1. The zero-order valence-corrected chi connectivity index (χ0v) is 15.9. The first-order valence-corrected chi connectivity index (χ1v) is 9.61. The summed E-state index contributed by atoms with van der Waals surface area (Å²) in [7, 11) is 1.49. The van der Waals surface area contributed by atoms with E-state index in [0.717, 1.165) is 19.4 Å². The van der Waals surface area contributed by atoms with E-state index in [1.165, 1.54) is 32.1 Å². The van der Waals surface area contributed by atoms with E-state index in [1.807, 2.05) is 0 Å². The summed E-state index contributed by atoms with van der Waals surface area (Å²) in [6, 6.07) is 6.30. The van der Waals surface area contributed by atoms with Crippen LogP contribution in [0.15, 0.2) is 24.3 Å². The largest absolute Gasteiger partial charge is 0.490 e. The molecule has 1 aromatic rings. The zero-order chi connectivity index (χ0) is 19.3. The van der Waals surface area contributed by atoms with Crippen molar-refractivity contribution in [2.24, 2.45) is 0 Å². The number of hydrogen-bond donors (Lipinski definition) is 1. The summed E-state index contributed by atoms with van der Waals surface area (Å²) in [5.41, 5.74) is -1.23. The van der Waals surface area contributed by atoms with E-state index in [1.54, 1.807) is 17.0 Å². The molecule has 7 heteroatoms. The van der Waals surface area contributed by atoms with E-state index in [-0.39, 0.29) is 31.5 Å². The van der Waals surface area contributed by atoms with Crippen LogP contribution in [-0.4, -0.2) is 79.0 Å². The first-order valence-electron chi connectivity index (χ1n) is 9.61. The van der Waals surface area contributed by atoms with Gasteiger partial charge in [-0.15, -0.1) is 0 Å². The van der Waals surface area contributed by atoms with Crippen molar-refractivity contribution < 1.29 is 23.8 Å². The highest BCUT2D eigenvalue weighted by atomic mass is 19.1. The Morgan fingerprint density at radius 3 is 2.78 bits per heavy atom. The first-order chi connectivity index (χ1) is 13.0. The minimum atomic E-state index is -1.23. The number of carbonyl (C=O) groups excluding carboxylic acids is 1. The van der Waals surface area contributed by atoms with Gasteiger partial charge in [0.15, 0.2) is 0 Å². The fourth-order valence-corrected chi connectivity index (χ4v) is 4.07. The molecule has 1 saturated carbocycles. The maximum absolute atomic E-state index is 13.4. The molecule has 27 heavy (non-hydrogen) atoms. The minimum Gasteiger partial charge on any atom is -0.490 e. The predicted molar refractivity (Wildman–Crippen MR) is 99.1 cm³/mol. The number of hydrogen-bond acceptors (Lipinski definition) is 5.